The van der Waals surface area contributed by atoms with E-state index in [1.54, 1.807) is 0 Å². The predicted molar refractivity (Wildman–Crippen MR) is 339 cm³/mol. The van der Waals surface area contributed by atoms with Crippen molar-refractivity contribution in [3.63, 3.8) is 0 Å². The van der Waals surface area contributed by atoms with E-state index in [-0.39, 0.29) is 19.1 Å². The van der Waals surface area contributed by atoms with Crippen LogP contribution in [0, 0.1) is 0 Å². The number of amides is 1. The van der Waals surface area contributed by atoms with E-state index in [0.29, 0.717) is 23.9 Å². The normalized spacial score (nSPS) is 13.7. The summed E-state index contributed by atoms with van der Waals surface area (Å²) in [5, 5.41) is 14.1. The quantitative estimate of drug-likeness (QED) is 0.0272. The van der Waals surface area contributed by atoms with Crippen molar-refractivity contribution in [1.29, 1.82) is 0 Å². The van der Waals surface area contributed by atoms with E-state index in [1.165, 1.54) is 308 Å². The third-order valence-corrected chi connectivity index (χ3v) is 17.5. The molecule has 3 unspecified atom stereocenters. The second-order valence-corrected chi connectivity index (χ2v) is 27.0. The van der Waals surface area contributed by atoms with Crippen molar-refractivity contribution in [3.8, 4) is 0 Å². The summed E-state index contributed by atoms with van der Waals surface area (Å²) in [6.07, 6.45) is 77.2. The molecule has 2 N–H and O–H groups in total. The summed E-state index contributed by atoms with van der Waals surface area (Å²) in [4.78, 5) is 25.6. The lowest BCUT2D eigenvalue weighted by Crippen LogP contribution is -2.46. The maximum absolute atomic E-state index is 13.0. The van der Waals surface area contributed by atoms with Gasteiger partial charge < -0.3 is 28.8 Å². The number of phosphoric ester groups is 1. The topological polar surface area (TPSA) is 108 Å². The van der Waals surface area contributed by atoms with E-state index in [9.17, 15) is 19.4 Å². The van der Waals surface area contributed by atoms with E-state index in [1.807, 2.05) is 21.1 Å². The molecule has 0 aromatic heterocycles. The third-order valence-electron chi connectivity index (χ3n) is 16.5. The van der Waals surface area contributed by atoms with E-state index >= 15 is 0 Å². The van der Waals surface area contributed by atoms with Gasteiger partial charge in [0.2, 0.25) is 5.91 Å². The summed E-state index contributed by atoms with van der Waals surface area (Å²) in [5.74, 6) is -0.155. The number of hydrogen-bond donors (Lipinski definition) is 2. The zero-order chi connectivity index (χ0) is 57.0. The van der Waals surface area contributed by atoms with Crippen molar-refractivity contribution >= 4 is 13.7 Å². The Hall–Kier alpha value is -0.760. The van der Waals surface area contributed by atoms with Crippen molar-refractivity contribution in [3.05, 3.63) is 12.2 Å². The highest BCUT2D eigenvalue weighted by atomic mass is 31.2. The van der Waals surface area contributed by atoms with Crippen LogP contribution in [0.2, 0.25) is 0 Å². The molecule has 466 valence electrons. The Morgan fingerprint density at radius 1 is 0.436 bits per heavy atom. The number of nitrogens with one attached hydrogen (secondary N) is 1. The zero-order valence-electron chi connectivity index (χ0n) is 53.4. The molecule has 8 nitrogen and oxygen atoms in total. The first-order chi connectivity index (χ1) is 38.0. The average molecular weight is 1120 g/mol. The SMILES string of the molecule is CCCCCCCCCC/C=C\CCCCCCCCCCCCCCCCCCCCCCCCCC(=O)NC(COP(=O)([O-])OCC[N+](C)(C)C)C(O)CCCCCCCCCCCCCCCCCCCCCCC. The molecule has 1 amide bonds. The van der Waals surface area contributed by atoms with Gasteiger partial charge in [-0.25, -0.2) is 0 Å². The molecular weight excluding hydrogens is 984 g/mol. The van der Waals surface area contributed by atoms with Gasteiger partial charge >= 0.3 is 0 Å². The summed E-state index contributed by atoms with van der Waals surface area (Å²) in [7, 11) is 1.33. The molecule has 0 aliphatic rings. The zero-order valence-corrected chi connectivity index (χ0v) is 54.3. The van der Waals surface area contributed by atoms with Gasteiger partial charge in [-0.3, -0.25) is 9.36 Å². The number of likely N-dealkylation sites (N-methyl/N-ethyl adjacent to an activating group) is 1. The highest BCUT2D eigenvalue weighted by Crippen LogP contribution is 2.38. The number of carbonyl (C=O) groups is 1. The van der Waals surface area contributed by atoms with E-state index in [2.05, 4.69) is 31.3 Å². The van der Waals surface area contributed by atoms with Crippen LogP contribution in [-0.4, -0.2) is 68.5 Å². The maximum Gasteiger partial charge on any atom is 0.268 e. The van der Waals surface area contributed by atoms with Gasteiger partial charge in [-0.15, -0.1) is 0 Å². The summed E-state index contributed by atoms with van der Waals surface area (Å²) in [6, 6.07) is -0.798. The average Bonchev–Trinajstić information content (AvgIpc) is 3.41. The molecular formula is C69H139N2O6P. The number of hydrogen-bond acceptors (Lipinski definition) is 6. The highest BCUT2D eigenvalue weighted by molar-refractivity contribution is 7.45. The minimum Gasteiger partial charge on any atom is -0.756 e. The van der Waals surface area contributed by atoms with Gasteiger partial charge in [-0.2, -0.15) is 0 Å². The van der Waals surface area contributed by atoms with Crippen molar-refractivity contribution in [2.45, 2.75) is 386 Å². The number of quaternary nitrogens is 1. The van der Waals surface area contributed by atoms with Crippen LogP contribution < -0.4 is 10.2 Å². The lowest BCUT2D eigenvalue weighted by Gasteiger charge is -2.30. The molecule has 0 aliphatic heterocycles. The fraction of sp³-hybridized carbons (Fsp3) is 0.957. The molecule has 0 spiro atoms. The minimum absolute atomic E-state index is 0.0161. The number of aliphatic hydroxyl groups is 1. The molecule has 3 atom stereocenters. The first-order valence-corrected chi connectivity index (χ1v) is 36.5. The van der Waals surface area contributed by atoms with E-state index in [4.69, 9.17) is 9.05 Å². The van der Waals surface area contributed by atoms with Gasteiger partial charge in [0, 0.05) is 6.42 Å². The monoisotopic (exact) mass is 1120 g/mol. The van der Waals surface area contributed by atoms with Crippen LogP contribution in [0.15, 0.2) is 12.2 Å². The number of phosphoric acid groups is 1. The lowest BCUT2D eigenvalue weighted by atomic mass is 10.0. The largest absolute Gasteiger partial charge is 0.756 e. The van der Waals surface area contributed by atoms with Crippen molar-refractivity contribution in [1.82, 2.24) is 5.32 Å². The first-order valence-electron chi connectivity index (χ1n) is 35.0. The predicted octanol–water partition coefficient (Wildman–Crippen LogP) is 21.5. The van der Waals surface area contributed by atoms with Crippen molar-refractivity contribution in [2.75, 3.05) is 40.9 Å². The molecule has 0 radical (unpaired) electrons. The first kappa shape index (κ1) is 77.2. The number of unbranched alkanes of at least 4 members (excludes halogenated alkanes) is 51. The smallest absolute Gasteiger partial charge is 0.268 e. The standard InChI is InChI=1S/C69H139N2O6P/c1-6-8-10-12-14-16-18-20-22-24-26-28-29-30-31-32-33-34-35-36-37-38-39-40-41-43-45-47-49-51-53-55-57-59-61-63-69(73)70-67(66-77-78(74,75)76-65-64-71(3,4)5)68(72)62-60-58-56-54-52-50-48-46-44-42-27-25-23-21-19-17-15-13-11-9-7-2/h24,26,67-68,72H,6-23,25,27-66H2,1-5H3,(H-,70,73,74,75)/b26-24-. The highest BCUT2D eigenvalue weighted by Gasteiger charge is 2.24. The second kappa shape index (κ2) is 60.8. The van der Waals surface area contributed by atoms with Crippen LogP contribution in [0.4, 0.5) is 0 Å². The van der Waals surface area contributed by atoms with Gasteiger partial charge in [0.05, 0.1) is 39.9 Å². The molecule has 0 bridgehead atoms. The maximum atomic E-state index is 13.0. The molecule has 9 heteroatoms. The molecule has 78 heavy (non-hydrogen) atoms. The van der Waals surface area contributed by atoms with Crippen LogP contribution in [-0.2, 0) is 18.4 Å². The Morgan fingerprint density at radius 3 is 1.00 bits per heavy atom. The fourth-order valence-electron chi connectivity index (χ4n) is 11.0. The van der Waals surface area contributed by atoms with E-state index in [0.717, 1.165) is 38.5 Å². The Balaban J connectivity index is 3.94. The molecule has 0 saturated heterocycles. The third kappa shape index (κ3) is 62.8. The summed E-state index contributed by atoms with van der Waals surface area (Å²) in [6.45, 7) is 4.79. The molecule has 0 aromatic rings. The van der Waals surface area contributed by atoms with Crippen LogP contribution in [0.25, 0.3) is 0 Å². The Bertz CT molecular complexity index is 1280. The molecule has 0 fully saturated rings. The van der Waals surface area contributed by atoms with Crippen LogP contribution in [0.3, 0.4) is 0 Å². The Labute approximate surface area is 488 Å². The number of allylic oxidation sites excluding steroid dienone is 2. The molecule has 0 aliphatic carbocycles. The van der Waals surface area contributed by atoms with Gasteiger partial charge in [0.15, 0.2) is 0 Å². The number of rotatable bonds is 66. The van der Waals surface area contributed by atoms with Gasteiger partial charge in [0.25, 0.3) is 7.82 Å². The number of nitrogens with zero attached hydrogens (tertiary/aromatic N) is 1. The summed E-state index contributed by atoms with van der Waals surface area (Å²) < 4.78 is 23.5. The van der Waals surface area contributed by atoms with Crippen LogP contribution >= 0.6 is 7.82 Å². The Kier molecular flexibility index (Phi) is 60.2. The molecule has 0 aromatic carbocycles. The van der Waals surface area contributed by atoms with Gasteiger partial charge in [-0.1, -0.05) is 341 Å². The number of carbonyl (C=O) groups excluding carboxylic acids is 1. The minimum atomic E-state index is -4.57. The van der Waals surface area contributed by atoms with E-state index < -0.39 is 20.0 Å². The molecule has 0 rings (SSSR count). The molecule has 0 saturated carbocycles. The fourth-order valence-corrected chi connectivity index (χ4v) is 11.8. The van der Waals surface area contributed by atoms with Crippen LogP contribution in [0.5, 0.6) is 0 Å². The van der Waals surface area contributed by atoms with Crippen molar-refractivity contribution < 1.29 is 32.9 Å². The lowest BCUT2D eigenvalue weighted by molar-refractivity contribution is -0.870. The van der Waals surface area contributed by atoms with Gasteiger partial charge in [0.1, 0.15) is 13.2 Å². The van der Waals surface area contributed by atoms with Crippen molar-refractivity contribution in [2.24, 2.45) is 0 Å². The molecule has 0 heterocycles. The summed E-state index contributed by atoms with van der Waals surface area (Å²) in [5.41, 5.74) is 0. The van der Waals surface area contributed by atoms with Crippen LogP contribution in [0.1, 0.15) is 373 Å². The second-order valence-electron chi connectivity index (χ2n) is 25.6. The Morgan fingerprint density at radius 2 is 0.705 bits per heavy atom. The van der Waals surface area contributed by atoms with Gasteiger partial charge in [-0.05, 0) is 38.5 Å². The summed E-state index contributed by atoms with van der Waals surface area (Å²) >= 11 is 0. The number of aliphatic hydroxyl groups excluding tert-OH is 1.